The van der Waals surface area contributed by atoms with Gasteiger partial charge in [-0.2, -0.15) is 4.31 Å². The molecular formula is C17H30N4O3S. The second kappa shape index (κ2) is 8.42. The summed E-state index contributed by atoms with van der Waals surface area (Å²) in [5.41, 5.74) is 8.07. The predicted octanol–water partition coefficient (Wildman–Crippen LogP) is 0.570. The molecule has 0 aromatic carbocycles. The highest BCUT2D eigenvalue weighted by atomic mass is 32.2. The number of likely N-dealkylation sites (tertiary alicyclic amines) is 1. The number of morpholine rings is 1. The molecule has 0 bridgehead atoms. The number of nitrogens with zero attached hydrogens (tertiary/aromatic N) is 2. The number of nitrogens with two attached hydrogens (primary N) is 1. The molecule has 7 nitrogen and oxygen atoms in total. The monoisotopic (exact) mass is 370 g/mol. The summed E-state index contributed by atoms with van der Waals surface area (Å²) < 4.78 is 32.4. The average molecular weight is 371 g/mol. The maximum absolute atomic E-state index is 12.8. The summed E-state index contributed by atoms with van der Waals surface area (Å²) in [4.78, 5) is 2.28. The Balaban J connectivity index is 1.54. The van der Waals surface area contributed by atoms with Crippen molar-refractivity contribution in [1.82, 2.24) is 14.5 Å². The second-order valence-corrected chi connectivity index (χ2v) is 9.19. The van der Waals surface area contributed by atoms with Gasteiger partial charge in [-0.25, -0.2) is 8.42 Å². The van der Waals surface area contributed by atoms with Crippen molar-refractivity contribution in [1.29, 1.82) is 0 Å². The normalized spacial score (nSPS) is 28.1. The van der Waals surface area contributed by atoms with Crippen LogP contribution in [0.2, 0.25) is 0 Å². The first-order valence-corrected chi connectivity index (χ1v) is 10.7. The molecule has 3 aliphatic rings. The van der Waals surface area contributed by atoms with Gasteiger partial charge in [0.25, 0.3) is 0 Å². The van der Waals surface area contributed by atoms with Gasteiger partial charge in [0.2, 0.25) is 10.0 Å². The standard InChI is InChI=1S/C17H30N4O3S/c18-12-16-3-1-2-15(13-19-16)14-20-6-4-17(5-7-20)25(22,23)21-8-10-24-11-9-21/h12,14,17,19H,1-11,13,18H2/b15-14+,16-12-. The van der Waals surface area contributed by atoms with Crippen molar-refractivity contribution in [2.75, 3.05) is 45.9 Å². The quantitative estimate of drug-likeness (QED) is 0.755. The van der Waals surface area contributed by atoms with Crippen molar-refractivity contribution in [3.8, 4) is 0 Å². The molecular weight excluding hydrogens is 340 g/mol. The van der Waals surface area contributed by atoms with Gasteiger partial charge in [-0.3, -0.25) is 0 Å². The van der Waals surface area contributed by atoms with Crippen LogP contribution in [0.1, 0.15) is 32.1 Å². The lowest BCUT2D eigenvalue weighted by Crippen LogP contribution is -2.48. The lowest BCUT2D eigenvalue weighted by atomic mass is 10.1. The molecule has 0 aromatic heterocycles. The third kappa shape index (κ3) is 4.68. The number of nitrogens with one attached hydrogen (secondary N) is 1. The Morgan fingerprint density at radius 3 is 2.52 bits per heavy atom. The van der Waals surface area contributed by atoms with Gasteiger partial charge in [0.1, 0.15) is 0 Å². The van der Waals surface area contributed by atoms with Crippen LogP contribution >= 0.6 is 0 Å². The lowest BCUT2D eigenvalue weighted by molar-refractivity contribution is 0.0722. The van der Waals surface area contributed by atoms with E-state index in [0.29, 0.717) is 39.1 Å². The molecule has 8 heteroatoms. The van der Waals surface area contributed by atoms with Gasteiger partial charge >= 0.3 is 0 Å². The minimum absolute atomic E-state index is 0.251. The van der Waals surface area contributed by atoms with Crippen molar-refractivity contribution in [3.63, 3.8) is 0 Å². The zero-order chi connectivity index (χ0) is 17.7. The summed E-state index contributed by atoms with van der Waals surface area (Å²) in [5, 5.41) is 3.12. The summed E-state index contributed by atoms with van der Waals surface area (Å²) in [7, 11) is -3.19. The molecule has 0 atom stereocenters. The van der Waals surface area contributed by atoms with Crippen molar-refractivity contribution < 1.29 is 13.2 Å². The Hall–Kier alpha value is -1.25. The zero-order valence-electron chi connectivity index (χ0n) is 14.8. The van der Waals surface area contributed by atoms with Gasteiger partial charge < -0.3 is 20.7 Å². The van der Waals surface area contributed by atoms with Gasteiger partial charge in [-0.1, -0.05) is 0 Å². The fourth-order valence-electron chi connectivity index (χ4n) is 3.74. The molecule has 0 spiro atoms. The number of rotatable bonds is 3. The largest absolute Gasteiger partial charge is 0.403 e. The minimum Gasteiger partial charge on any atom is -0.403 e. The highest BCUT2D eigenvalue weighted by Crippen LogP contribution is 2.23. The smallest absolute Gasteiger partial charge is 0.217 e. The van der Waals surface area contributed by atoms with Crippen LogP contribution in [-0.2, 0) is 14.8 Å². The average Bonchev–Trinajstić information content (AvgIpc) is 2.88. The SMILES string of the molecule is N/C=C1/CCC/C(=C\N2CCC(S(=O)(=O)N3CCOCC3)CC2)CN1. The highest BCUT2D eigenvalue weighted by Gasteiger charge is 2.35. The Kier molecular flexibility index (Phi) is 6.24. The van der Waals surface area contributed by atoms with E-state index in [-0.39, 0.29) is 5.25 Å². The van der Waals surface area contributed by atoms with E-state index in [1.54, 1.807) is 10.5 Å². The lowest BCUT2D eigenvalue weighted by Gasteiger charge is -2.35. The van der Waals surface area contributed by atoms with Gasteiger partial charge in [-0.05, 0) is 43.9 Å². The Labute approximate surface area is 150 Å². The molecule has 0 saturated carbocycles. The third-order valence-electron chi connectivity index (χ3n) is 5.28. The summed E-state index contributed by atoms with van der Waals surface area (Å²) in [6.45, 7) is 4.45. The summed E-state index contributed by atoms with van der Waals surface area (Å²) in [6, 6.07) is 0. The first-order chi connectivity index (χ1) is 12.1. The first-order valence-electron chi connectivity index (χ1n) is 9.24. The van der Waals surface area contributed by atoms with Crippen LogP contribution in [0.5, 0.6) is 0 Å². The number of piperidine rings is 1. The molecule has 0 aromatic rings. The Morgan fingerprint density at radius 2 is 1.84 bits per heavy atom. The van der Waals surface area contributed by atoms with Crippen LogP contribution < -0.4 is 11.1 Å². The predicted molar refractivity (Wildman–Crippen MR) is 98.1 cm³/mol. The molecule has 3 heterocycles. The molecule has 0 radical (unpaired) electrons. The van der Waals surface area contributed by atoms with E-state index in [9.17, 15) is 8.42 Å². The minimum atomic E-state index is -3.19. The Bertz CT molecular complexity index is 603. The van der Waals surface area contributed by atoms with Crippen LogP contribution in [0, 0.1) is 0 Å². The van der Waals surface area contributed by atoms with Gasteiger partial charge in [-0.15, -0.1) is 0 Å². The fraction of sp³-hybridized carbons (Fsp3) is 0.765. The number of ether oxygens (including phenoxy) is 1. The van der Waals surface area contributed by atoms with Crippen molar-refractivity contribution in [2.45, 2.75) is 37.4 Å². The number of hydrogen-bond donors (Lipinski definition) is 2. The van der Waals surface area contributed by atoms with Gasteiger partial charge in [0.15, 0.2) is 0 Å². The van der Waals surface area contributed by atoms with E-state index in [0.717, 1.165) is 44.6 Å². The molecule has 0 aliphatic carbocycles. The molecule has 0 amide bonds. The molecule has 0 unspecified atom stereocenters. The maximum Gasteiger partial charge on any atom is 0.217 e. The maximum atomic E-state index is 12.8. The van der Waals surface area contributed by atoms with E-state index >= 15 is 0 Å². The zero-order valence-corrected chi connectivity index (χ0v) is 15.6. The van der Waals surface area contributed by atoms with Crippen LogP contribution in [0.3, 0.4) is 0 Å². The first kappa shape index (κ1) is 18.5. The van der Waals surface area contributed by atoms with E-state index in [1.165, 1.54) is 5.57 Å². The molecule has 25 heavy (non-hydrogen) atoms. The van der Waals surface area contributed by atoms with Gasteiger partial charge in [0, 0.05) is 44.6 Å². The topological polar surface area (TPSA) is 87.9 Å². The molecule has 3 fully saturated rings. The molecule has 3 rings (SSSR count). The van der Waals surface area contributed by atoms with Crippen LogP contribution in [0.15, 0.2) is 23.7 Å². The second-order valence-electron chi connectivity index (χ2n) is 6.98. The van der Waals surface area contributed by atoms with E-state index in [4.69, 9.17) is 10.5 Å². The van der Waals surface area contributed by atoms with Crippen molar-refractivity contribution in [3.05, 3.63) is 23.7 Å². The van der Waals surface area contributed by atoms with E-state index in [2.05, 4.69) is 16.4 Å². The number of hydrogen-bond acceptors (Lipinski definition) is 6. The summed E-state index contributed by atoms with van der Waals surface area (Å²) in [6.07, 6.45) is 8.44. The van der Waals surface area contributed by atoms with Crippen molar-refractivity contribution >= 4 is 10.0 Å². The highest BCUT2D eigenvalue weighted by molar-refractivity contribution is 7.89. The number of allylic oxidation sites excluding steroid dienone is 1. The summed E-state index contributed by atoms with van der Waals surface area (Å²) >= 11 is 0. The van der Waals surface area contributed by atoms with Crippen LogP contribution in [0.25, 0.3) is 0 Å². The Morgan fingerprint density at radius 1 is 1.12 bits per heavy atom. The van der Waals surface area contributed by atoms with Crippen LogP contribution in [0.4, 0.5) is 0 Å². The molecule has 3 saturated heterocycles. The van der Waals surface area contributed by atoms with E-state index in [1.807, 2.05) is 0 Å². The molecule has 142 valence electrons. The third-order valence-corrected chi connectivity index (χ3v) is 7.68. The van der Waals surface area contributed by atoms with Crippen molar-refractivity contribution in [2.24, 2.45) is 5.73 Å². The summed E-state index contributed by atoms with van der Waals surface area (Å²) in [5.74, 6) is 0. The molecule has 3 N–H and O–H groups in total. The van der Waals surface area contributed by atoms with Gasteiger partial charge in [0.05, 0.1) is 18.5 Å². The fourth-order valence-corrected chi connectivity index (χ4v) is 5.62. The number of sulfonamides is 1. The molecule has 3 aliphatic heterocycles. The van der Waals surface area contributed by atoms with E-state index < -0.39 is 10.0 Å². The van der Waals surface area contributed by atoms with Crippen LogP contribution in [-0.4, -0.2) is 68.8 Å².